The topological polar surface area (TPSA) is 94.0 Å². The first kappa shape index (κ1) is 14.8. The van der Waals surface area contributed by atoms with E-state index in [9.17, 15) is 4.79 Å². The third-order valence-electron chi connectivity index (χ3n) is 4.22. The Morgan fingerprint density at radius 1 is 1.35 bits per heavy atom. The monoisotopic (exact) mass is 276 g/mol. The molecule has 0 radical (unpaired) electrons. The Labute approximate surface area is 120 Å². The molecule has 0 spiro atoms. The third-order valence-corrected chi connectivity index (χ3v) is 4.22. The van der Waals surface area contributed by atoms with Gasteiger partial charge in [0.05, 0.1) is 0 Å². The number of rotatable bonds is 4. The lowest BCUT2D eigenvalue weighted by molar-refractivity contribution is -0.126. The highest BCUT2D eigenvalue weighted by Gasteiger charge is 2.25. The van der Waals surface area contributed by atoms with E-state index in [0.717, 1.165) is 43.5 Å². The summed E-state index contributed by atoms with van der Waals surface area (Å²) in [5.41, 5.74) is 13.2. The molecule has 0 atom stereocenters. The molecule has 0 bridgehead atoms. The molecule has 1 saturated carbocycles. The van der Waals surface area contributed by atoms with Crippen molar-refractivity contribution in [2.45, 2.75) is 39.2 Å². The zero-order chi connectivity index (χ0) is 14.5. The molecular formula is C15H24N4O. The van der Waals surface area contributed by atoms with Gasteiger partial charge in [-0.25, -0.2) is 4.98 Å². The average Bonchev–Trinajstić information content (AvgIpc) is 2.46. The van der Waals surface area contributed by atoms with Crippen molar-refractivity contribution in [2.24, 2.45) is 17.6 Å². The molecule has 1 amide bonds. The minimum absolute atomic E-state index is 0.139. The molecule has 1 aliphatic carbocycles. The molecule has 110 valence electrons. The van der Waals surface area contributed by atoms with Crippen molar-refractivity contribution in [3.63, 3.8) is 0 Å². The lowest BCUT2D eigenvalue weighted by atomic mass is 9.81. The highest BCUT2D eigenvalue weighted by atomic mass is 16.1. The largest absolute Gasteiger partial charge is 0.384 e. The number of nitrogens with one attached hydrogen (secondary N) is 1. The average molecular weight is 276 g/mol. The summed E-state index contributed by atoms with van der Waals surface area (Å²) in [6, 6.07) is 3.68. The van der Waals surface area contributed by atoms with Crippen LogP contribution in [0.25, 0.3) is 0 Å². The number of aromatic nitrogens is 1. The summed E-state index contributed by atoms with van der Waals surface area (Å²) in [5.74, 6) is 1.40. The molecule has 0 aromatic carbocycles. The molecule has 1 aromatic rings. The smallest absolute Gasteiger partial charge is 0.223 e. The highest BCUT2D eigenvalue weighted by Crippen LogP contribution is 2.28. The Kier molecular flexibility index (Phi) is 4.95. The standard InChI is InChI=1S/C15H24N4O/c1-10-13(6-7-14(17)19-10)9-18-15(20)12-4-2-11(8-16)3-5-12/h6-7,11-12H,2-5,8-9,16H2,1H3,(H2,17,19)(H,18,20). The number of carbonyl (C=O) groups is 1. The van der Waals surface area contributed by atoms with Gasteiger partial charge in [0, 0.05) is 18.2 Å². The summed E-state index contributed by atoms with van der Waals surface area (Å²) in [6.45, 7) is 3.17. The molecule has 5 N–H and O–H groups in total. The van der Waals surface area contributed by atoms with Gasteiger partial charge < -0.3 is 16.8 Å². The molecule has 0 saturated heterocycles. The van der Waals surface area contributed by atoms with Gasteiger partial charge in [-0.2, -0.15) is 0 Å². The number of hydrogen-bond donors (Lipinski definition) is 3. The van der Waals surface area contributed by atoms with Gasteiger partial charge in [-0.1, -0.05) is 6.07 Å². The molecule has 1 fully saturated rings. The van der Waals surface area contributed by atoms with Crippen molar-refractivity contribution in [1.29, 1.82) is 0 Å². The Bertz CT molecular complexity index is 467. The van der Waals surface area contributed by atoms with Crippen LogP contribution < -0.4 is 16.8 Å². The highest BCUT2D eigenvalue weighted by molar-refractivity contribution is 5.78. The van der Waals surface area contributed by atoms with E-state index in [2.05, 4.69) is 10.3 Å². The molecule has 1 aliphatic rings. The van der Waals surface area contributed by atoms with Gasteiger partial charge in [0.25, 0.3) is 0 Å². The second-order valence-corrected chi connectivity index (χ2v) is 5.65. The second-order valence-electron chi connectivity index (χ2n) is 5.65. The number of nitrogens with zero attached hydrogens (tertiary/aromatic N) is 1. The molecule has 5 nitrogen and oxygen atoms in total. The van der Waals surface area contributed by atoms with E-state index in [0.29, 0.717) is 18.3 Å². The van der Waals surface area contributed by atoms with E-state index in [1.807, 2.05) is 13.0 Å². The SMILES string of the molecule is Cc1nc(N)ccc1CNC(=O)C1CCC(CN)CC1. The van der Waals surface area contributed by atoms with E-state index < -0.39 is 0 Å². The van der Waals surface area contributed by atoms with Crippen molar-refractivity contribution in [1.82, 2.24) is 10.3 Å². The molecule has 5 heteroatoms. The lowest BCUT2D eigenvalue weighted by Crippen LogP contribution is -2.34. The van der Waals surface area contributed by atoms with Gasteiger partial charge >= 0.3 is 0 Å². The van der Waals surface area contributed by atoms with Gasteiger partial charge in [0.15, 0.2) is 0 Å². The molecule has 2 rings (SSSR count). The Balaban J connectivity index is 1.83. The third kappa shape index (κ3) is 3.70. The van der Waals surface area contributed by atoms with Crippen LogP contribution in [0.5, 0.6) is 0 Å². The summed E-state index contributed by atoms with van der Waals surface area (Å²) in [6.07, 6.45) is 4.04. The maximum atomic E-state index is 12.2. The summed E-state index contributed by atoms with van der Waals surface area (Å²) < 4.78 is 0. The second kappa shape index (κ2) is 6.70. The van der Waals surface area contributed by atoms with Crippen LogP contribution in [0.3, 0.4) is 0 Å². The van der Waals surface area contributed by atoms with Crippen LogP contribution >= 0.6 is 0 Å². The van der Waals surface area contributed by atoms with Gasteiger partial charge in [-0.05, 0) is 56.7 Å². The number of anilines is 1. The minimum atomic E-state index is 0.139. The van der Waals surface area contributed by atoms with Crippen LogP contribution in [0.1, 0.15) is 36.9 Å². The molecule has 0 aliphatic heterocycles. The number of nitrogen functional groups attached to an aromatic ring is 1. The van der Waals surface area contributed by atoms with Gasteiger partial charge in [0.2, 0.25) is 5.91 Å². The van der Waals surface area contributed by atoms with E-state index in [1.165, 1.54) is 0 Å². The zero-order valence-electron chi connectivity index (χ0n) is 12.1. The molecule has 0 unspecified atom stereocenters. The maximum absolute atomic E-state index is 12.2. The number of hydrogen-bond acceptors (Lipinski definition) is 4. The van der Waals surface area contributed by atoms with Crippen molar-refractivity contribution >= 4 is 11.7 Å². The van der Waals surface area contributed by atoms with Crippen LogP contribution in [0.4, 0.5) is 5.82 Å². The van der Waals surface area contributed by atoms with Crippen LogP contribution in [-0.4, -0.2) is 17.4 Å². The minimum Gasteiger partial charge on any atom is -0.384 e. The number of pyridine rings is 1. The van der Waals surface area contributed by atoms with E-state index in [-0.39, 0.29) is 11.8 Å². The van der Waals surface area contributed by atoms with Gasteiger partial charge in [-0.3, -0.25) is 4.79 Å². The van der Waals surface area contributed by atoms with E-state index >= 15 is 0 Å². The quantitative estimate of drug-likeness (QED) is 0.774. The van der Waals surface area contributed by atoms with Crippen LogP contribution in [0.15, 0.2) is 12.1 Å². The predicted molar refractivity (Wildman–Crippen MR) is 79.7 cm³/mol. The fourth-order valence-electron chi connectivity index (χ4n) is 2.78. The lowest BCUT2D eigenvalue weighted by Gasteiger charge is -2.26. The summed E-state index contributed by atoms with van der Waals surface area (Å²) >= 11 is 0. The van der Waals surface area contributed by atoms with Gasteiger partial charge in [0.1, 0.15) is 5.82 Å². The molecular weight excluding hydrogens is 252 g/mol. The van der Waals surface area contributed by atoms with Crippen LogP contribution in [0.2, 0.25) is 0 Å². The van der Waals surface area contributed by atoms with Gasteiger partial charge in [-0.15, -0.1) is 0 Å². The first-order chi connectivity index (χ1) is 9.60. The van der Waals surface area contributed by atoms with Crippen molar-refractivity contribution in [2.75, 3.05) is 12.3 Å². The zero-order valence-corrected chi connectivity index (χ0v) is 12.1. The number of amides is 1. The maximum Gasteiger partial charge on any atom is 0.223 e. The Hall–Kier alpha value is -1.62. The molecule has 20 heavy (non-hydrogen) atoms. The number of aryl methyl sites for hydroxylation is 1. The first-order valence-corrected chi connectivity index (χ1v) is 7.30. The van der Waals surface area contributed by atoms with Crippen LogP contribution in [0, 0.1) is 18.8 Å². The molecule has 1 heterocycles. The summed E-state index contributed by atoms with van der Waals surface area (Å²) in [4.78, 5) is 16.4. The summed E-state index contributed by atoms with van der Waals surface area (Å²) in [5, 5.41) is 3.01. The predicted octanol–water partition coefficient (Wildman–Crippen LogP) is 1.35. The number of carbonyl (C=O) groups excluding carboxylic acids is 1. The summed E-state index contributed by atoms with van der Waals surface area (Å²) in [7, 11) is 0. The van der Waals surface area contributed by atoms with E-state index in [1.54, 1.807) is 6.07 Å². The fourth-order valence-corrected chi connectivity index (χ4v) is 2.78. The number of nitrogens with two attached hydrogens (primary N) is 2. The first-order valence-electron chi connectivity index (χ1n) is 7.30. The fraction of sp³-hybridized carbons (Fsp3) is 0.600. The van der Waals surface area contributed by atoms with Crippen molar-refractivity contribution in [3.8, 4) is 0 Å². The van der Waals surface area contributed by atoms with E-state index in [4.69, 9.17) is 11.5 Å². The normalized spacial score (nSPS) is 22.5. The van der Waals surface area contributed by atoms with Crippen molar-refractivity contribution < 1.29 is 4.79 Å². The van der Waals surface area contributed by atoms with Crippen LogP contribution in [-0.2, 0) is 11.3 Å². The van der Waals surface area contributed by atoms with Crippen molar-refractivity contribution in [3.05, 3.63) is 23.4 Å². The molecule has 1 aromatic heterocycles. The Morgan fingerprint density at radius 3 is 2.65 bits per heavy atom. The Morgan fingerprint density at radius 2 is 2.05 bits per heavy atom.